The molecule has 1 aromatic heterocycles. The van der Waals surface area contributed by atoms with Gasteiger partial charge in [0.1, 0.15) is 16.6 Å². The predicted molar refractivity (Wildman–Crippen MR) is 78.7 cm³/mol. The van der Waals surface area contributed by atoms with E-state index in [1.165, 1.54) is 6.07 Å². The van der Waals surface area contributed by atoms with Crippen LogP contribution in [-0.2, 0) is 6.42 Å². The Morgan fingerprint density at radius 3 is 2.79 bits per heavy atom. The van der Waals surface area contributed by atoms with Crippen LogP contribution in [-0.4, -0.2) is 16.5 Å². The van der Waals surface area contributed by atoms with Gasteiger partial charge in [-0.1, -0.05) is 30.4 Å². The molecule has 0 radical (unpaired) electrons. The Hall–Kier alpha value is -2.01. The molecule has 0 saturated carbocycles. The molecule has 0 saturated heterocycles. The van der Waals surface area contributed by atoms with Gasteiger partial charge in [-0.2, -0.15) is 0 Å². The lowest BCUT2D eigenvalue weighted by Crippen LogP contribution is -2.15. The van der Waals surface area contributed by atoms with Crippen molar-refractivity contribution in [3.05, 3.63) is 59.5 Å². The van der Waals surface area contributed by atoms with Crippen molar-refractivity contribution in [2.75, 3.05) is 11.9 Å². The van der Waals surface area contributed by atoms with Crippen molar-refractivity contribution in [3.8, 4) is 0 Å². The maximum absolute atomic E-state index is 13.4. The summed E-state index contributed by atoms with van der Waals surface area (Å²) >= 11 is 4.95. The van der Waals surface area contributed by atoms with Gasteiger partial charge >= 0.3 is 0 Å². The Bertz CT molecular complexity index is 586. The molecule has 0 spiro atoms. The minimum absolute atomic E-state index is 0.195. The van der Waals surface area contributed by atoms with Crippen LogP contribution in [0.4, 0.5) is 10.2 Å². The third-order valence-corrected chi connectivity index (χ3v) is 2.94. The number of anilines is 1. The van der Waals surface area contributed by atoms with E-state index in [4.69, 9.17) is 18.0 Å². The quantitative estimate of drug-likeness (QED) is 0.823. The van der Waals surface area contributed by atoms with Crippen molar-refractivity contribution in [2.45, 2.75) is 6.42 Å². The van der Waals surface area contributed by atoms with Crippen molar-refractivity contribution in [2.24, 2.45) is 5.73 Å². The molecular formula is C14H14FN3S. The Labute approximate surface area is 116 Å². The third-order valence-electron chi connectivity index (χ3n) is 2.72. The highest BCUT2D eigenvalue weighted by Crippen LogP contribution is 2.12. The molecule has 1 heterocycles. The summed E-state index contributed by atoms with van der Waals surface area (Å²) in [5, 5.41) is 3.13. The standard InChI is InChI=1S/C14H14FN3S/c15-12-6-2-1-4-10(12)7-9-18-14-11(13(16)19)5-3-8-17-14/h1-6,8H,7,9H2,(H2,16,19)(H,17,18). The van der Waals surface area contributed by atoms with Crippen molar-refractivity contribution >= 4 is 23.0 Å². The molecule has 98 valence electrons. The first-order valence-corrected chi connectivity index (χ1v) is 6.31. The molecule has 0 aliphatic heterocycles. The topological polar surface area (TPSA) is 50.9 Å². The molecule has 3 N–H and O–H groups in total. The van der Waals surface area contributed by atoms with E-state index in [0.717, 1.165) is 0 Å². The van der Waals surface area contributed by atoms with Gasteiger partial charge in [0, 0.05) is 12.7 Å². The highest BCUT2D eigenvalue weighted by Gasteiger charge is 2.06. The number of aromatic nitrogens is 1. The predicted octanol–water partition coefficient (Wildman–Crippen LogP) is 2.51. The number of nitrogens with zero attached hydrogens (tertiary/aromatic N) is 1. The minimum atomic E-state index is -0.195. The summed E-state index contributed by atoms with van der Waals surface area (Å²) in [6, 6.07) is 10.3. The first-order valence-electron chi connectivity index (χ1n) is 5.90. The smallest absolute Gasteiger partial charge is 0.136 e. The number of pyridine rings is 1. The van der Waals surface area contributed by atoms with Crippen LogP contribution >= 0.6 is 12.2 Å². The molecule has 1 aromatic carbocycles. The van der Waals surface area contributed by atoms with E-state index in [1.54, 1.807) is 30.5 Å². The number of nitrogens with two attached hydrogens (primary N) is 1. The van der Waals surface area contributed by atoms with Crippen LogP contribution in [0.1, 0.15) is 11.1 Å². The van der Waals surface area contributed by atoms with E-state index in [2.05, 4.69) is 10.3 Å². The van der Waals surface area contributed by atoms with Crippen LogP contribution in [0.5, 0.6) is 0 Å². The molecule has 19 heavy (non-hydrogen) atoms. The number of hydrogen-bond acceptors (Lipinski definition) is 3. The van der Waals surface area contributed by atoms with Gasteiger partial charge in [0.15, 0.2) is 0 Å². The van der Waals surface area contributed by atoms with E-state index in [0.29, 0.717) is 34.9 Å². The van der Waals surface area contributed by atoms with Crippen LogP contribution in [0.2, 0.25) is 0 Å². The lowest BCUT2D eigenvalue weighted by atomic mass is 10.1. The molecule has 0 fully saturated rings. The second-order valence-corrected chi connectivity index (χ2v) is 4.47. The van der Waals surface area contributed by atoms with Crippen LogP contribution < -0.4 is 11.1 Å². The summed E-state index contributed by atoms with van der Waals surface area (Å²) in [5.74, 6) is 0.436. The number of benzene rings is 1. The van der Waals surface area contributed by atoms with Crippen molar-refractivity contribution in [1.82, 2.24) is 4.98 Å². The number of halogens is 1. The van der Waals surface area contributed by atoms with Crippen molar-refractivity contribution in [3.63, 3.8) is 0 Å². The zero-order chi connectivity index (χ0) is 13.7. The van der Waals surface area contributed by atoms with Gasteiger partial charge in [0.05, 0.1) is 5.56 Å². The molecule has 0 amide bonds. The van der Waals surface area contributed by atoms with Crippen molar-refractivity contribution in [1.29, 1.82) is 0 Å². The van der Waals surface area contributed by atoms with E-state index in [-0.39, 0.29) is 5.82 Å². The Morgan fingerprint density at radius 1 is 1.26 bits per heavy atom. The Morgan fingerprint density at radius 2 is 2.05 bits per heavy atom. The Balaban J connectivity index is 2.00. The van der Waals surface area contributed by atoms with Crippen LogP contribution in [0.25, 0.3) is 0 Å². The summed E-state index contributed by atoms with van der Waals surface area (Å²) in [6.45, 7) is 0.563. The lowest BCUT2D eigenvalue weighted by molar-refractivity contribution is 0.610. The average Bonchev–Trinajstić information content (AvgIpc) is 2.41. The summed E-state index contributed by atoms with van der Waals surface area (Å²) in [5.41, 5.74) is 6.98. The van der Waals surface area contributed by atoms with E-state index >= 15 is 0 Å². The molecule has 0 aliphatic rings. The molecular weight excluding hydrogens is 261 g/mol. The zero-order valence-corrected chi connectivity index (χ0v) is 11.1. The first-order chi connectivity index (χ1) is 9.18. The minimum Gasteiger partial charge on any atom is -0.389 e. The number of nitrogens with one attached hydrogen (secondary N) is 1. The van der Waals surface area contributed by atoms with Gasteiger partial charge in [-0.15, -0.1) is 0 Å². The maximum Gasteiger partial charge on any atom is 0.136 e. The van der Waals surface area contributed by atoms with E-state index < -0.39 is 0 Å². The van der Waals surface area contributed by atoms with Gasteiger partial charge in [0.2, 0.25) is 0 Å². The van der Waals surface area contributed by atoms with Crippen LogP contribution in [0, 0.1) is 5.82 Å². The third kappa shape index (κ3) is 3.48. The van der Waals surface area contributed by atoms with Gasteiger partial charge in [-0.25, -0.2) is 9.37 Å². The highest BCUT2D eigenvalue weighted by atomic mass is 32.1. The fraction of sp³-hybridized carbons (Fsp3) is 0.143. The molecule has 2 rings (SSSR count). The van der Waals surface area contributed by atoms with Crippen LogP contribution in [0.15, 0.2) is 42.6 Å². The SMILES string of the molecule is NC(=S)c1cccnc1NCCc1ccccc1F. The monoisotopic (exact) mass is 275 g/mol. The molecule has 5 heteroatoms. The summed E-state index contributed by atoms with van der Waals surface area (Å²) in [7, 11) is 0. The van der Waals surface area contributed by atoms with Gasteiger partial charge in [-0.05, 0) is 30.2 Å². The van der Waals surface area contributed by atoms with Gasteiger partial charge < -0.3 is 11.1 Å². The van der Waals surface area contributed by atoms with E-state index in [1.807, 2.05) is 6.07 Å². The maximum atomic E-state index is 13.4. The average molecular weight is 275 g/mol. The number of hydrogen-bond donors (Lipinski definition) is 2. The summed E-state index contributed by atoms with van der Waals surface area (Å²) in [4.78, 5) is 4.47. The fourth-order valence-electron chi connectivity index (χ4n) is 1.76. The molecule has 0 atom stereocenters. The normalized spacial score (nSPS) is 10.2. The van der Waals surface area contributed by atoms with Crippen LogP contribution in [0.3, 0.4) is 0 Å². The number of rotatable bonds is 5. The largest absolute Gasteiger partial charge is 0.389 e. The van der Waals surface area contributed by atoms with E-state index in [9.17, 15) is 4.39 Å². The van der Waals surface area contributed by atoms with Crippen molar-refractivity contribution < 1.29 is 4.39 Å². The highest BCUT2D eigenvalue weighted by molar-refractivity contribution is 7.80. The molecule has 2 aromatic rings. The number of thiocarbonyl (C=S) groups is 1. The van der Waals surface area contributed by atoms with Gasteiger partial charge in [-0.3, -0.25) is 0 Å². The van der Waals surface area contributed by atoms with Gasteiger partial charge in [0.25, 0.3) is 0 Å². The zero-order valence-electron chi connectivity index (χ0n) is 10.3. The summed E-state index contributed by atoms with van der Waals surface area (Å²) in [6.07, 6.45) is 2.23. The second-order valence-electron chi connectivity index (χ2n) is 4.03. The molecule has 0 aliphatic carbocycles. The molecule has 0 bridgehead atoms. The summed E-state index contributed by atoms with van der Waals surface area (Å²) < 4.78 is 13.4. The second kappa shape index (κ2) is 6.24. The molecule has 3 nitrogen and oxygen atoms in total. The first kappa shape index (κ1) is 13.4. The fourth-order valence-corrected chi connectivity index (χ4v) is 1.93. The Kier molecular flexibility index (Phi) is 4.41. The molecule has 0 unspecified atom stereocenters. The lowest BCUT2D eigenvalue weighted by Gasteiger charge is -2.10.